The van der Waals surface area contributed by atoms with Crippen LogP contribution in [0.15, 0.2) is 5.16 Å². The molecule has 0 aliphatic heterocycles. The van der Waals surface area contributed by atoms with E-state index in [2.05, 4.69) is 17.0 Å². The molecule has 2 N–H and O–H groups in total. The highest BCUT2D eigenvalue weighted by atomic mass is 32.2. The molecule has 1 saturated carbocycles. The number of hydrogen-bond acceptors (Lipinski definition) is 5. The van der Waals surface area contributed by atoms with E-state index < -0.39 is 21.8 Å². The van der Waals surface area contributed by atoms with Crippen LogP contribution < -0.4 is 5.48 Å². The van der Waals surface area contributed by atoms with Gasteiger partial charge in [-0.1, -0.05) is 23.9 Å². The Hall–Kier alpha value is -1.23. The summed E-state index contributed by atoms with van der Waals surface area (Å²) >= 11 is -1.41. The van der Waals surface area contributed by atoms with Crippen LogP contribution >= 0.6 is 0 Å². The maximum absolute atomic E-state index is 11.8. The van der Waals surface area contributed by atoms with Gasteiger partial charge in [-0.05, 0) is 43.8 Å². The van der Waals surface area contributed by atoms with Crippen LogP contribution in [0.4, 0.5) is 0 Å². The number of nitrogens with zero attached hydrogens (tertiary/aromatic N) is 1. The topological polar surface area (TPSA) is 94.0 Å². The summed E-state index contributed by atoms with van der Waals surface area (Å²) < 4.78 is 10.6. The van der Waals surface area contributed by atoms with Crippen molar-refractivity contribution in [2.75, 3.05) is 12.9 Å². The van der Waals surface area contributed by atoms with E-state index in [9.17, 15) is 9.35 Å². The minimum atomic E-state index is -1.41. The van der Waals surface area contributed by atoms with Crippen LogP contribution in [-0.4, -0.2) is 39.0 Å². The third-order valence-electron chi connectivity index (χ3n) is 3.73. The Balaban J connectivity index is 2.49. The van der Waals surface area contributed by atoms with E-state index in [1.165, 1.54) is 19.1 Å². The summed E-state index contributed by atoms with van der Waals surface area (Å²) in [4.78, 5) is 16.9. The Morgan fingerprint density at radius 3 is 2.77 bits per heavy atom. The van der Waals surface area contributed by atoms with E-state index in [0.717, 1.165) is 5.71 Å². The van der Waals surface area contributed by atoms with Gasteiger partial charge in [0.25, 0.3) is 5.91 Å². The molecule has 1 amide bonds. The zero-order valence-corrected chi connectivity index (χ0v) is 14.2. The van der Waals surface area contributed by atoms with Crippen molar-refractivity contribution in [1.82, 2.24) is 5.48 Å². The summed E-state index contributed by atoms with van der Waals surface area (Å²) in [5, 5.41) is 12.8. The quantitative estimate of drug-likeness (QED) is 0.177. The number of carbonyl (C=O) groups excluding carboxylic acids is 1. The lowest BCUT2D eigenvalue weighted by Gasteiger charge is -2.27. The van der Waals surface area contributed by atoms with Crippen molar-refractivity contribution in [3.8, 4) is 11.8 Å². The standard InChI is InChI=1S/C15H24N2O4S/c1-4-13(17-21-11-5-6-12-7-8-12)9-10-15(2,22(3)20)14(18)16-19/h12,19H,4,7-11H2,1-3H3,(H,16,18)/b17-13+/t15-,22?/m1/s1. The average molecular weight is 328 g/mol. The molecule has 1 unspecified atom stereocenters. The molecule has 2 atom stereocenters. The van der Waals surface area contributed by atoms with Gasteiger partial charge in [0.05, 0.1) is 12.0 Å². The van der Waals surface area contributed by atoms with Gasteiger partial charge in [-0.3, -0.25) is 10.0 Å². The molecule has 7 heteroatoms. The molecular formula is C15H24N2O4S. The highest BCUT2D eigenvalue weighted by Crippen LogP contribution is 2.27. The molecule has 1 rings (SSSR count). The second-order valence-corrected chi connectivity index (χ2v) is 7.32. The number of rotatable bonds is 8. The summed E-state index contributed by atoms with van der Waals surface area (Å²) in [6, 6.07) is 0. The fourth-order valence-corrected chi connectivity index (χ4v) is 2.44. The molecule has 0 aromatic rings. The number of amides is 1. The van der Waals surface area contributed by atoms with Gasteiger partial charge in [0, 0.05) is 12.3 Å². The van der Waals surface area contributed by atoms with E-state index >= 15 is 0 Å². The smallest absolute Gasteiger partial charge is 0.299 e. The van der Waals surface area contributed by atoms with Gasteiger partial charge in [0.15, 0.2) is 6.61 Å². The van der Waals surface area contributed by atoms with Gasteiger partial charge in [-0.15, -0.1) is 0 Å². The van der Waals surface area contributed by atoms with Crippen LogP contribution in [0.3, 0.4) is 0 Å². The second-order valence-electron chi connectivity index (χ2n) is 5.51. The summed E-state index contributed by atoms with van der Waals surface area (Å²) in [5.74, 6) is 5.88. The Morgan fingerprint density at radius 2 is 2.27 bits per heavy atom. The normalized spacial score (nSPS) is 18.7. The third kappa shape index (κ3) is 5.87. The molecule has 0 heterocycles. The van der Waals surface area contributed by atoms with E-state index in [1.54, 1.807) is 12.4 Å². The fraction of sp³-hybridized carbons (Fsp3) is 0.733. The molecule has 1 aliphatic carbocycles. The predicted molar refractivity (Wildman–Crippen MR) is 85.8 cm³/mol. The Kier molecular flexibility index (Phi) is 7.73. The van der Waals surface area contributed by atoms with Gasteiger partial charge in [0.1, 0.15) is 0 Å². The first-order valence-electron chi connectivity index (χ1n) is 7.38. The van der Waals surface area contributed by atoms with E-state index in [-0.39, 0.29) is 6.61 Å². The molecular weight excluding hydrogens is 304 g/mol. The highest BCUT2D eigenvalue weighted by Gasteiger charge is 2.42. The lowest BCUT2D eigenvalue weighted by Crippen LogP contribution is -2.49. The van der Waals surface area contributed by atoms with Crippen molar-refractivity contribution in [1.29, 1.82) is 0 Å². The number of oxime groups is 1. The maximum atomic E-state index is 11.8. The molecule has 1 aliphatic rings. The monoisotopic (exact) mass is 328 g/mol. The molecule has 0 spiro atoms. The van der Waals surface area contributed by atoms with Crippen molar-refractivity contribution in [3.63, 3.8) is 0 Å². The minimum Gasteiger partial charge on any atom is -0.616 e. The van der Waals surface area contributed by atoms with Crippen LogP contribution in [0.25, 0.3) is 0 Å². The zero-order chi connectivity index (χ0) is 16.6. The van der Waals surface area contributed by atoms with Crippen LogP contribution in [0.1, 0.15) is 46.0 Å². The lowest BCUT2D eigenvalue weighted by molar-refractivity contribution is -0.131. The number of carbonyl (C=O) groups is 1. The minimum absolute atomic E-state index is 0.258. The van der Waals surface area contributed by atoms with Crippen molar-refractivity contribution >= 4 is 22.8 Å². The molecule has 0 aromatic carbocycles. The van der Waals surface area contributed by atoms with Crippen LogP contribution in [0, 0.1) is 17.8 Å². The Labute approximate surface area is 134 Å². The molecule has 0 saturated heterocycles. The summed E-state index contributed by atoms with van der Waals surface area (Å²) in [7, 11) is 0. The SMILES string of the molecule is CC/C(CC[C@](C)(C(=O)NO)[S+](C)[O-])=N\OCC#CC1CC1. The number of hydrogen-bond donors (Lipinski definition) is 2. The lowest BCUT2D eigenvalue weighted by atomic mass is 10.0. The third-order valence-corrected chi connectivity index (χ3v) is 5.39. The van der Waals surface area contributed by atoms with Gasteiger partial charge in [-0.2, -0.15) is 0 Å². The van der Waals surface area contributed by atoms with Crippen molar-refractivity contribution in [2.24, 2.45) is 11.1 Å². The van der Waals surface area contributed by atoms with E-state index in [0.29, 0.717) is 25.2 Å². The molecule has 0 bridgehead atoms. The number of hydroxylamine groups is 1. The van der Waals surface area contributed by atoms with Crippen LogP contribution in [0.5, 0.6) is 0 Å². The zero-order valence-electron chi connectivity index (χ0n) is 13.3. The van der Waals surface area contributed by atoms with E-state index in [4.69, 9.17) is 10.0 Å². The second kappa shape index (κ2) is 9.03. The van der Waals surface area contributed by atoms with Crippen molar-refractivity contribution in [2.45, 2.75) is 50.7 Å². The maximum Gasteiger partial charge on any atom is 0.299 e. The first kappa shape index (κ1) is 18.8. The molecule has 0 aromatic heterocycles. The Bertz CT molecular complexity index is 466. The molecule has 6 nitrogen and oxygen atoms in total. The van der Waals surface area contributed by atoms with E-state index in [1.807, 2.05) is 6.92 Å². The van der Waals surface area contributed by atoms with Crippen molar-refractivity contribution in [3.05, 3.63) is 0 Å². The highest BCUT2D eigenvalue weighted by molar-refractivity contribution is 7.92. The Morgan fingerprint density at radius 1 is 1.59 bits per heavy atom. The van der Waals surface area contributed by atoms with Crippen LogP contribution in [-0.2, 0) is 20.8 Å². The first-order chi connectivity index (χ1) is 10.4. The molecule has 0 radical (unpaired) electrons. The molecule has 1 fully saturated rings. The van der Waals surface area contributed by atoms with Gasteiger partial charge in [-0.25, -0.2) is 5.48 Å². The van der Waals surface area contributed by atoms with Gasteiger partial charge in [0.2, 0.25) is 4.75 Å². The molecule has 124 valence electrons. The van der Waals surface area contributed by atoms with Gasteiger partial charge >= 0.3 is 0 Å². The fourth-order valence-electron chi connectivity index (χ4n) is 1.75. The van der Waals surface area contributed by atoms with Crippen LogP contribution in [0.2, 0.25) is 0 Å². The summed E-state index contributed by atoms with van der Waals surface area (Å²) in [5.41, 5.74) is 2.36. The number of nitrogens with one attached hydrogen (secondary N) is 1. The largest absolute Gasteiger partial charge is 0.616 e. The first-order valence-corrected chi connectivity index (χ1v) is 8.94. The summed E-state index contributed by atoms with van der Waals surface area (Å²) in [6.07, 6.45) is 5.25. The summed E-state index contributed by atoms with van der Waals surface area (Å²) in [6.45, 7) is 3.75. The average Bonchev–Trinajstić information content (AvgIpc) is 3.32. The van der Waals surface area contributed by atoms with Crippen molar-refractivity contribution < 1.29 is 19.4 Å². The predicted octanol–water partition coefficient (Wildman–Crippen LogP) is 1.61. The molecule has 22 heavy (non-hydrogen) atoms. The van der Waals surface area contributed by atoms with Gasteiger partial charge < -0.3 is 9.39 Å².